The maximum atomic E-state index is 13.9. The standard InChI is InChI=1S/C21H22F4N8O5/c22-10-4-8(3-9(5-10)21(23,24)25)16(36)29-12-7-33-18(27)28-11(6-32-13(34)1-2-14(32)35)15-19(33,20(12,37)38)31-17(26)30-15/h3-5,11-12,15,37-38H,1-2,6-7H2,(H6,26,27,28,29,30,31,36)/p+1/t11-,12?,15-,19-/m0/s1. The van der Waals surface area contributed by atoms with Crippen LogP contribution in [0.2, 0.25) is 0 Å². The fraction of sp³-hybridized carbons (Fsp3) is 0.476. The van der Waals surface area contributed by atoms with E-state index in [9.17, 15) is 42.2 Å². The highest BCUT2D eigenvalue weighted by atomic mass is 19.4. The first-order chi connectivity index (χ1) is 17.6. The van der Waals surface area contributed by atoms with Gasteiger partial charge in [-0.05, 0) is 18.2 Å². The molecule has 17 heteroatoms. The fourth-order valence-corrected chi connectivity index (χ4v) is 5.46. The van der Waals surface area contributed by atoms with Crippen LogP contribution in [0, 0.1) is 5.82 Å². The highest BCUT2D eigenvalue weighted by Gasteiger charge is 2.75. The van der Waals surface area contributed by atoms with Gasteiger partial charge in [-0.1, -0.05) is 0 Å². The molecule has 0 aliphatic carbocycles. The maximum absolute atomic E-state index is 13.9. The first kappa shape index (κ1) is 25.7. The summed E-state index contributed by atoms with van der Waals surface area (Å²) in [7, 11) is 0. The van der Waals surface area contributed by atoms with Crippen molar-refractivity contribution < 1.29 is 46.7 Å². The fourth-order valence-electron chi connectivity index (χ4n) is 5.46. The number of aliphatic imine (C=N–C) groups is 1. The molecule has 1 unspecified atom stereocenters. The summed E-state index contributed by atoms with van der Waals surface area (Å²) in [4.78, 5) is 42.4. The van der Waals surface area contributed by atoms with Crippen LogP contribution < -0.4 is 27.4 Å². The lowest BCUT2D eigenvalue weighted by Gasteiger charge is -2.44. The summed E-state index contributed by atoms with van der Waals surface area (Å²) in [5.41, 5.74) is 7.93. The Labute approximate surface area is 211 Å². The number of hydrogen-bond donors (Lipinski definition) is 7. The minimum Gasteiger partial charge on any atom is -0.370 e. The Bertz CT molecular complexity index is 1300. The Balaban J connectivity index is 1.46. The quantitative estimate of drug-likeness (QED) is 0.0899. The third-order valence-corrected chi connectivity index (χ3v) is 7.19. The number of likely N-dealkylation sites (tertiary alicyclic amines) is 1. The maximum Gasteiger partial charge on any atom is 0.416 e. The summed E-state index contributed by atoms with van der Waals surface area (Å²) in [5, 5.41) is 30.5. The number of benzene rings is 1. The number of hydrogen-bond acceptors (Lipinski definition) is 10. The molecule has 1 aromatic rings. The molecule has 0 radical (unpaired) electrons. The van der Waals surface area contributed by atoms with Crippen molar-refractivity contribution in [3.63, 3.8) is 0 Å². The van der Waals surface area contributed by atoms with Crippen molar-refractivity contribution in [2.75, 3.05) is 13.1 Å². The molecule has 2 fully saturated rings. The number of nitrogens with two attached hydrogens (primary N) is 2. The lowest BCUT2D eigenvalue weighted by molar-refractivity contribution is -0.623. The molecule has 0 aromatic heterocycles. The van der Waals surface area contributed by atoms with Crippen LogP contribution in [0.3, 0.4) is 0 Å². The topological polar surface area (TPSA) is 198 Å². The predicted molar refractivity (Wildman–Crippen MR) is 118 cm³/mol. The molecule has 4 aliphatic heterocycles. The summed E-state index contributed by atoms with van der Waals surface area (Å²) in [6.45, 7) is -0.618. The minimum absolute atomic E-state index is 0.0184. The van der Waals surface area contributed by atoms with Crippen LogP contribution in [0.25, 0.3) is 0 Å². The van der Waals surface area contributed by atoms with E-state index in [0.717, 1.165) is 4.90 Å². The van der Waals surface area contributed by atoms with Crippen molar-refractivity contribution in [3.05, 3.63) is 35.1 Å². The van der Waals surface area contributed by atoms with Gasteiger partial charge < -0.3 is 26.6 Å². The lowest BCUT2D eigenvalue weighted by Crippen LogP contribution is -2.79. The second kappa shape index (κ2) is 8.26. The Morgan fingerprint density at radius 3 is 2.50 bits per heavy atom. The van der Waals surface area contributed by atoms with Crippen LogP contribution in [0.4, 0.5) is 17.6 Å². The van der Waals surface area contributed by atoms with Gasteiger partial charge in [0.25, 0.3) is 5.91 Å². The number of guanidine groups is 2. The van der Waals surface area contributed by atoms with Gasteiger partial charge in [0, 0.05) is 18.4 Å². The number of nitrogens with one attached hydrogen (secondary N) is 3. The van der Waals surface area contributed by atoms with E-state index in [2.05, 4.69) is 20.9 Å². The molecule has 4 aliphatic rings. The normalized spacial score (nSPS) is 30.0. The molecule has 3 amide bonds. The molecule has 9 N–H and O–H groups in total. The van der Waals surface area contributed by atoms with E-state index in [-0.39, 0.29) is 43.9 Å². The number of halogens is 4. The van der Waals surface area contributed by atoms with Gasteiger partial charge in [0.15, 0.2) is 5.96 Å². The first-order valence-corrected chi connectivity index (χ1v) is 11.4. The minimum atomic E-state index is -4.93. The Kier molecular flexibility index (Phi) is 5.57. The second-order valence-electron chi connectivity index (χ2n) is 9.47. The number of aliphatic hydroxyl groups is 2. The van der Waals surface area contributed by atoms with Crippen LogP contribution in [0.15, 0.2) is 23.2 Å². The molecule has 0 saturated carbocycles. The zero-order valence-corrected chi connectivity index (χ0v) is 19.4. The highest BCUT2D eigenvalue weighted by Crippen LogP contribution is 2.42. The van der Waals surface area contributed by atoms with Crippen molar-refractivity contribution in [1.29, 1.82) is 0 Å². The summed E-state index contributed by atoms with van der Waals surface area (Å²) in [6.07, 6.45) is -4.89. The van der Waals surface area contributed by atoms with Crippen LogP contribution in [-0.4, -0.2) is 92.0 Å². The van der Waals surface area contributed by atoms with E-state index in [0.29, 0.717) is 12.1 Å². The molecule has 1 spiro atoms. The van der Waals surface area contributed by atoms with Gasteiger partial charge in [-0.25, -0.2) is 14.0 Å². The lowest BCUT2D eigenvalue weighted by atomic mass is 9.85. The molecule has 38 heavy (non-hydrogen) atoms. The Hall–Kier alpha value is -3.99. The first-order valence-electron chi connectivity index (χ1n) is 11.4. The Morgan fingerprint density at radius 1 is 1.21 bits per heavy atom. The van der Waals surface area contributed by atoms with Gasteiger partial charge in [-0.3, -0.25) is 30.3 Å². The van der Waals surface area contributed by atoms with Gasteiger partial charge in [0.1, 0.15) is 23.9 Å². The molecule has 1 aromatic carbocycles. The van der Waals surface area contributed by atoms with E-state index < -0.39 is 70.4 Å². The average molecular weight is 543 g/mol. The highest BCUT2D eigenvalue weighted by molar-refractivity contribution is 6.02. The van der Waals surface area contributed by atoms with Gasteiger partial charge in [0.05, 0.1) is 18.7 Å². The number of carbonyl (C=O) groups excluding carboxylic acids is 3. The summed E-state index contributed by atoms with van der Waals surface area (Å²) in [5.74, 6) is -6.69. The Morgan fingerprint density at radius 2 is 1.87 bits per heavy atom. The van der Waals surface area contributed by atoms with Crippen LogP contribution in [0.1, 0.15) is 28.8 Å². The summed E-state index contributed by atoms with van der Waals surface area (Å²) in [6, 6.07) is -2.48. The zero-order chi connectivity index (χ0) is 27.8. The van der Waals surface area contributed by atoms with E-state index >= 15 is 0 Å². The molecule has 204 valence electrons. The third-order valence-electron chi connectivity index (χ3n) is 7.19. The number of imide groups is 1. The summed E-state index contributed by atoms with van der Waals surface area (Å²) < 4.78 is 54.4. The van der Waals surface area contributed by atoms with E-state index in [1.807, 2.05) is 0 Å². The van der Waals surface area contributed by atoms with Gasteiger partial charge in [-0.2, -0.15) is 13.2 Å². The zero-order valence-electron chi connectivity index (χ0n) is 19.4. The third kappa shape index (κ3) is 3.72. The van der Waals surface area contributed by atoms with Gasteiger partial charge >= 0.3 is 12.1 Å². The van der Waals surface area contributed by atoms with Crippen molar-refractivity contribution in [2.45, 2.75) is 48.6 Å². The molecular formula is C21H23F4N8O5+. The number of amides is 3. The largest absolute Gasteiger partial charge is 0.416 e. The predicted octanol–water partition coefficient (Wildman–Crippen LogP) is -2.93. The van der Waals surface area contributed by atoms with Crippen LogP contribution >= 0.6 is 0 Å². The second-order valence-corrected chi connectivity index (χ2v) is 9.47. The van der Waals surface area contributed by atoms with E-state index in [1.54, 1.807) is 0 Å². The average Bonchev–Trinajstić information content (AvgIpc) is 3.41. The number of rotatable bonds is 4. The molecule has 4 atom stereocenters. The molecule has 0 bridgehead atoms. The SMILES string of the molecule is NC1=N[C@H]2[C@H](CN3C(=O)CCC3=O)NC(N)=[N+]3CC(NC(=O)c4cc(F)cc(C(F)(F)F)c4)C(O)(O)[C@]23N1. The van der Waals surface area contributed by atoms with Gasteiger partial charge in [0.2, 0.25) is 23.3 Å². The van der Waals surface area contributed by atoms with Gasteiger partial charge in [-0.15, -0.1) is 0 Å². The summed E-state index contributed by atoms with van der Waals surface area (Å²) >= 11 is 0. The smallest absolute Gasteiger partial charge is 0.370 e. The van der Waals surface area contributed by atoms with Crippen molar-refractivity contribution in [1.82, 2.24) is 20.9 Å². The monoisotopic (exact) mass is 543 g/mol. The number of alkyl halides is 3. The number of carbonyl (C=O) groups is 3. The molecule has 13 nitrogen and oxygen atoms in total. The number of nitrogens with zero attached hydrogens (tertiary/aromatic N) is 3. The van der Waals surface area contributed by atoms with E-state index in [1.165, 1.54) is 4.58 Å². The molecule has 2 saturated heterocycles. The van der Waals surface area contributed by atoms with E-state index in [4.69, 9.17) is 11.5 Å². The van der Waals surface area contributed by atoms with Crippen molar-refractivity contribution in [2.24, 2.45) is 16.5 Å². The van der Waals surface area contributed by atoms with Crippen LogP contribution in [-0.2, 0) is 15.8 Å². The van der Waals surface area contributed by atoms with Crippen molar-refractivity contribution in [3.8, 4) is 0 Å². The molecule has 5 rings (SSSR count). The van der Waals surface area contributed by atoms with Crippen LogP contribution in [0.5, 0.6) is 0 Å². The van der Waals surface area contributed by atoms with Crippen molar-refractivity contribution >= 4 is 29.6 Å². The molecule has 4 heterocycles. The molecular weight excluding hydrogens is 520 g/mol.